The molecule has 0 aliphatic carbocycles. The predicted molar refractivity (Wildman–Crippen MR) is 83.4 cm³/mol. The molecule has 0 bridgehead atoms. The van der Waals surface area contributed by atoms with Crippen molar-refractivity contribution >= 4 is 33.7 Å². The van der Waals surface area contributed by atoms with E-state index in [1.54, 1.807) is 6.20 Å². The summed E-state index contributed by atoms with van der Waals surface area (Å²) in [6.07, 6.45) is 6.40. The van der Waals surface area contributed by atoms with Crippen molar-refractivity contribution in [1.29, 1.82) is 0 Å². The Bertz CT molecular complexity index is 857. The number of aromatic nitrogens is 4. The third kappa shape index (κ3) is 1.89. The Morgan fingerprint density at radius 3 is 3.09 bits per heavy atom. The normalized spacial score (nSPS) is 18.9. The van der Waals surface area contributed by atoms with Crippen LogP contribution >= 0.6 is 0 Å². The number of hydrogen-bond acceptors (Lipinski definition) is 5. The summed E-state index contributed by atoms with van der Waals surface area (Å²) >= 11 is 0. The second-order valence-corrected chi connectivity index (χ2v) is 5.58. The molecule has 3 aromatic rings. The third-order valence-electron chi connectivity index (χ3n) is 4.29. The topological polar surface area (TPSA) is 101 Å². The number of pyridine rings is 1. The van der Waals surface area contributed by atoms with E-state index >= 15 is 0 Å². The number of aromatic amines is 1. The van der Waals surface area contributed by atoms with E-state index in [-0.39, 0.29) is 11.9 Å². The van der Waals surface area contributed by atoms with E-state index in [0.29, 0.717) is 11.3 Å². The van der Waals surface area contributed by atoms with Crippen LogP contribution in [0, 0.1) is 0 Å². The highest BCUT2D eigenvalue weighted by atomic mass is 16.1. The first-order valence-electron chi connectivity index (χ1n) is 7.40. The molecule has 1 aliphatic heterocycles. The van der Waals surface area contributed by atoms with Gasteiger partial charge in [-0.3, -0.25) is 4.79 Å². The zero-order chi connectivity index (χ0) is 15.1. The molecule has 1 amide bonds. The van der Waals surface area contributed by atoms with Gasteiger partial charge in [-0.25, -0.2) is 4.98 Å². The fourth-order valence-corrected chi connectivity index (χ4v) is 3.27. The molecule has 1 atom stereocenters. The number of fused-ring (bicyclic) bond motifs is 3. The molecule has 3 N–H and O–H groups in total. The lowest BCUT2D eigenvalue weighted by Gasteiger charge is -2.36. The van der Waals surface area contributed by atoms with Crippen LogP contribution in [0.15, 0.2) is 24.5 Å². The zero-order valence-electron chi connectivity index (χ0n) is 12.0. The van der Waals surface area contributed by atoms with Crippen LogP contribution in [0.2, 0.25) is 0 Å². The van der Waals surface area contributed by atoms with E-state index in [1.807, 2.05) is 18.3 Å². The largest absolute Gasteiger partial charge is 0.368 e. The lowest BCUT2D eigenvalue weighted by atomic mass is 10.00. The van der Waals surface area contributed by atoms with Gasteiger partial charge in [0.2, 0.25) is 5.91 Å². The number of carbonyl (C=O) groups is 1. The van der Waals surface area contributed by atoms with Crippen molar-refractivity contribution in [3.63, 3.8) is 0 Å². The highest BCUT2D eigenvalue weighted by Gasteiger charge is 2.28. The monoisotopic (exact) mass is 296 g/mol. The molecule has 112 valence electrons. The second kappa shape index (κ2) is 4.94. The smallest absolute Gasteiger partial charge is 0.240 e. The van der Waals surface area contributed by atoms with E-state index in [2.05, 4.69) is 25.1 Å². The number of carbonyl (C=O) groups excluding carboxylic acids is 1. The van der Waals surface area contributed by atoms with Crippen molar-refractivity contribution in [2.24, 2.45) is 5.73 Å². The molecule has 3 aromatic heterocycles. The average molecular weight is 296 g/mol. The van der Waals surface area contributed by atoms with Gasteiger partial charge in [0, 0.05) is 24.3 Å². The molecule has 0 aromatic carbocycles. The number of nitrogens with two attached hydrogens (primary N) is 1. The van der Waals surface area contributed by atoms with Crippen molar-refractivity contribution in [1.82, 2.24) is 20.2 Å². The average Bonchev–Trinajstić information content (AvgIpc) is 3.03. The SMILES string of the molecule is NC(=O)C1CCCCN1c1cc[nH]c2nnc3nccc3c12. The summed E-state index contributed by atoms with van der Waals surface area (Å²) in [7, 11) is 0. The van der Waals surface area contributed by atoms with Crippen LogP contribution in [0.25, 0.3) is 22.1 Å². The number of nitrogens with one attached hydrogen (secondary N) is 1. The Morgan fingerprint density at radius 2 is 2.23 bits per heavy atom. The van der Waals surface area contributed by atoms with Gasteiger partial charge in [0.25, 0.3) is 0 Å². The highest BCUT2D eigenvalue weighted by Crippen LogP contribution is 2.33. The van der Waals surface area contributed by atoms with Crippen molar-refractivity contribution in [3.8, 4) is 0 Å². The van der Waals surface area contributed by atoms with Crippen LogP contribution in [0.5, 0.6) is 0 Å². The molecule has 1 saturated heterocycles. The fourth-order valence-electron chi connectivity index (χ4n) is 3.27. The molecule has 1 fully saturated rings. The summed E-state index contributed by atoms with van der Waals surface area (Å²) < 4.78 is 0. The van der Waals surface area contributed by atoms with E-state index in [4.69, 9.17) is 5.73 Å². The second-order valence-electron chi connectivity index (χ2n) is 5.58. The third-order valence-corrected chi connectivity index (χ3v) is 4.29. The standard InChI is InChI=1S/C15H16N6O/c16-13(22)11-3-1-2-8-21(11)10-5-7-18-15-12(10)9-4-6-17-14(9)19-20-15/h4-7,11H,1-3,8H2,(H2,16,22)(H,18,20). The van der Waals surface area contributed by atoms with Gasteiger partial charge in [-0.15, -0.1) is 10.2 Å². The number of hydrogen-bond donors (Lipinski definition) is 2. The zero-order valence-corrected chi connectivity index (χ0v) is 12.0. The first-order valence-corrected chi connectivity index (χ1v) is 7.40. The number of amides is 1. The van der Waals surface area contributed by atoms with Gasteiger partial charge in [0.05, 0.1) is 11.1 Å². The molecule has 7 nitrogen and oxygen atoms in total. The molecule has 0 saturated carbocycles. The number of H-pyrrole nitrogens is 1. The van der Waals surface area contributed by atoms with Gasteiger partial charge < -0.3 is 15.6 Å². The van der Waals surface area contributed by atoms with Crippen molar-refractivity contribution in [2.75, 3.05) is 11.4 Å². The number of piperidine rings is 1. The number of nitrogens with zero attached hydrogens (tertiary/aromatic N) is 4. The van der Waals surface area contributed by atoms with Crippen LogP contribution in [-0.4, -0.2) is 38.7 Å². The Labute approximate surface area is 126 Å². The summed E-state index contributed by atoms with van der Waals surface area (Å²) in [5.41, 5.74) is 7.86. The van der Waals surface area contributed by atoms with Crippen LogP contribution in [-0.2, 0) is 4.79 Å². The number of rotatable bonds is 2. The Morgan fingerprint density at radius 1 is 1.32 bits per heavy atom. The summed E-state index contributed by atoms with van der Waals surface area (Å²) in [5.74, 6) is -0.278. The van der Waals surface area contributed by atoms with Gasteiger partial charge in [-0.05, 0) is 31.4 Å². The molecule has 0 spiro atoms. The minimum atomic E-state index is -0.278. The lowest BCUT2D eigenvalue weighted by Crippen LogP contribution is -2.48. The highest BCUT2D eigenvalue weighted by molar-refractivity contribution is 6.09. The van der Waals surface area contributed by atoms with Gasteiger partial charge in [0.15, 0.2) is 11.3 Å². The van der Waals surface area contributed by atoms with Crippen molar-refractivity contribution < 1.29 is 4.79 Å². The van der Waals surface area contributed by atoms with Gasteiger partial charge in [0.1, 0.15) is 6.04 Å². The summed E-state index contributed by atoms with van der Waals surface area (Å²) in [6.45, 7) is 0.810. The molecule has 0 radical (unpaired) electrons. The van der Waals surface area contributed by atoms with Crippen molar-refractivity contribution in [3.05, 3.63) is 24.5 Å². The van der Waals surface area contributed by atoms with E-state index in [1.165, 1.54) is 0 Å². The molecule has 7 heteroatoms. The van der Waals surface area contributed by atoms with Crippen LogP contribution < -0.4 is 10.6 Å². The number of primary amides is 1. The van der Waals surface area contributed by atoms with Gasteiger partial charge >= 0.3 is 0 Å². The molecule has 1 unspecified atom stereocenters. The maximum absolute atomic E-state index is 11.8. The van der Waals surface area contributed by atoms with Gasteiger partial charge in [-0.2, -0.15) is 0 Å². The first-order chi connectivity index (χ1) is 10.8. The van der Waals surface area contributed by atoms with E-state index in [0.717, 1.165) is 42.3 Å². The molecular formula is C15H16N6O. The number of anilines is 1. The summed E-state index contributed by atoms with van der Waals surface area (Å²) in [5, 5.41) is 10.2. The van der Waals surface area contributed by atoms with E-state index < -0.39 is 0 Å². The van der Waals surface area contributed by atoms with Crippen LogP contribution in [0.3, 0.4) is 0 Å². The summed E-state index contributed by atoms with van der Waals surface area (Å²) in [6, 6.07) is 3.62. The molecular weight excluding hydrogens is 280 g/mol. The summed E-state index contributed by atoms with van der Waals surface area (Å²) in [4.78, 5) is 21.2. The molecule has 1 aliphatic rings. The van der Waals surface area contributed by atoms with Gasteiger partial charge in [-0.1, -0.05) is 0 Å². The predicted octanol–water partition coefficient (Wildman–Crippen LogP) is 1.35. The Hall–Kier alpha value is -2.70. The molecule has 4 rings (SSSR count). The van der Waals surface area contributed by atoms with Crippen LogP contribution in [0.1, 0.15) is 19.3 Å². The Balaban J connectivity index is 1.97. The fraction of sp³-hybridized carbons (Fsp3) is 0.333. The lowest BCUT2D eigenvalue weighted by molar-refractivity contribution is -0.119. The minimum Gasteiger partial charge on any atom is -0.368 e. The molecule has 4 heterocycles. The Kier molecular flexibility index (Phi) is 2.92. The van der Waals surface area contributed by atoms with Crippen molar-refractivity contribution in [2.45, 2.75) is 25.3 Å². The van der Waals surface area contributed by atoms with E-state index in [9.17, 15) is 4.79 Å². The maximum atomic E-state index is 11.8. The molecule has 22 heavy (non-hydrogen) atoms. The maximum Gasteiger partial charge on any atom is 0.240 e. The quantitative estimate of drug-likeness (QED) is 0.743. The van der Waals surface area contributed by atoms with Crippen LogP contribution in [0.4, 0.5) is 5.69 Å². The minimum absolute atomic E-state index is 0.273. The first kappa shape index (κ1) is 13.0.